The van der Waals surface area contributed by atoms with Crippen LogP contribution in [0.5, 0.6) is 0 Å². The van der Waals surface area contributed by atoms with Crippen molar-refractivity contribution in [2.24, 2.45) is 23.0 Å². The van der Waals surface area contributed by atoms with Crippen molar-refractivity contribution in [1.82, 2.24) is 25.8 Å². The molecule has 1 aliphatic carbocycles. The third-order valence-corrected chi connectivity index (χ3v) is 6.94. The molecule has 15 heteroatoms. The van der Waals surface area contributed by atoms with Crippen molar-refractivity contribution in [3.8, 4) is 0 Å². The highest BCUT2D eigenvalue weighted by atomic mass is 19.4. The zero-order chi connectivity index (χ0) is 31.3. The Kier molecular flexibility index (Phi) is 10.7. The first-order valence-electron chi connectivity index (χ1n) is 13.0. The zero-order valence-electron chi connectivity index (χ0n) is 23.4. The van der Waals surface area contributed by atoms with Gasteiger partial charge in [-0.15, -0.1) is 6.58 Å². The zero-order valence-corrected chi connectivity index (χ0v) is 23.4. The number of fused-ring (bicyclic) bond motifs is 1. The summed E-state index contributed by atoms with van der Waals surface area (Å²) < 4.78 is 38.5. The second-order valence-electron chi connectivity index (χ2n) is 11.2. The van der Waals surface area contributed by atoms with E-state index in [0.29, 0.717) is 0 Å². The Morgan fingerprint density at radius 3 is 2.24 bits per heavy atom. The maximum Gasteiger partial charge on any atom is 0.389 e. The van der Waals surface area contributed by atoms with Gasteiger partial charge in [-0.3, -0.25) is 24.0 Å². The van der Waals surface area contributed by atoms with Crippen LogP contribution in [-0.4, -0.2) is 96.2 Å². The number of carbonyl (C=O) groups is 6. The molecule has 2 aliphatic rings. The summed E-state index contributed by atoms with van der Waals surface area (Å²) in [6.07, 6.45) is -2.07. The minimum atomic E-state index is -4.66. The van der Waals surface area contributed by atoms with Crippen LogP contribution in [0, 0.1) is 17.3 Å². The van der Waals surface area contributed by atoms with Gasteiger partial charge in [-0.05, 0) is 11.8 Å². The number of halogens is 3. The number of urea groups is 1. The lowest BCUT2D eigenvalue weighted by molar-refractivity contribution is -0.147. The monoisotopic (exact) mass is 586 g/mol. The number of ketones is 1. The Hall–Kier alpha value is -3.91. The van der Waals surface area contributed by atoms with E-state index in [2.05, 4.69) is 22.5 Å². The number of alkyl halides is 3. The summed E-state index contributed by atoms with van der Waals surface area (Å²) in [4.78, 5) is 78.1. The van der Waals surface area contributed by atoms with Crippen LogP contribution in [0.2, 0.25) is 0 Å². The molecule has 2 rings (SSSR count). The fourth-order valence-electron chi connectivity index (χ4n) is 4.60. The number of nitrogens with two attached hydrogens (primary N) is 1. The molecule has 0 aromatic heterocycles. The topological polar surface area (TPSA) is 171 Å². The molecule has 0 saturated carbocycles. The van der Waals surface area contributed by atoms with Gasteiger partial charge in [0, 0.05) is 38.4 Å². The molecule has 6 amide bonds. The van der Waals surface area contributed by atoms with Crippen molar-refractivity contribution >= 4 is 35.4 Å². The van der Waals surface area contributed by atoms with Gasteiger partial charge < -0.3 is 31.5 Å². The molecule has 41 heavy (non-hydrogen) atoms. The van der Waals surface area contributed by atoms with Gasteiger partial charge in [-0.25, -0.2) is 4.79 Å². The third kappa shape index (κ3) is 8.79. The van der Waals surface area contributed by atoms with E-state index in [1.165, 1.54) is 22.9 Å². The molecule has 5 N–H and O–H groups in total. The molecule has 12 nitrogen and oxygen atoms in total. The van der Waals surface area contributed by atoms with E-state index in [-0.39, 0.29) is 25.6 Å². The predicted octanol–water partition coefficient (Wildman–Crippen LogP) is 0.239. The largest absolute Gasteiger partial charge is 0.389 e. The third-order valence-electron chi connectivity index (χ3n) is 6.94. The molecule has 0 radical (unpaired) electrons. The molecule has 0 aromatic rings. The number of Topliss-reactive ketones (excluding diaryl/α,β-unsaturated/α-hetero) is 1. The van der Waals surface area contributed by atoms with Crippen molar-refractivity contribution in [1.29, 1.82) is 0 Å². The van der Waals surface area contributed by atoms with E-state index < -0.39 is 83.9 Å². The second kappa shape index (κ2) is 13.2. The quantitative estimate of drug-likeness (QED) is 0.189. The molecule has 1 heterocycles. The van der Waals surface area contributed by atoms with Gasteiger partial charge in [-0.1, -0.05) is 39.0 Å². The summed E-state index contributed by atoms with van der Waals surface area (Å²) in [5.41, 5.74) is 4.11. The number of likely N-dealkylation sites (N-methyl/N-ethyl adjacent to an activating group) is 1. The first kappa shape index (κ1) is 33.3. The lowest BCUT2D eigenvalue weighted by Gasteiger charge is -2.36. The maximum absolute atomic E-state index is 13.8. The molecule has 0 spiro atoms. The Balaban J connectivity index is 2.22. The van der Waals surface area contributed by atoms with Crippen LogP contribution in [0.15, 0.2) is 24.8 Å². The van der Waals surface area contributed by atoms with Crippen LogP contribution in [0.4, 0.5) is 18.0 Å². The van der Waals surface area contributed by atoms with Crippen LogP contribution in [0.25, 0.3) is 0 Å². The molecular weight excluding hydrogens is 549 g/mol. The van der Waals surface area contributed by atoms with Crippen molar-refractivity contribution in [3.05, 3.63) is 24.8 Å². The Morgan fingerprint density at radius 2 is 1.76 bits per heavy atom. The van der Waals surface area contributed by atoms with E-state index >= 15 is 0 Å². The average Bonchev–Trinajstić information content (AvgIpc) is 3.11. The first-order chi connectivity index (χ1) is 18.9. The Morgan fingerprint density at radius 1 is 1.12 bits per heavy atom. The normalized spacial score (nSPS) is 21.0. The highest BCUT2D eigenvalue weighted by Crippen LogP contribution is 2.40. The number of carbonyl (C=O) groups excluding carboxylic acids is 6. The highest BCUT2D eigenvalue weighted by Gasteiger charge is 2.52. The molecule has 5 atom stereocenters. The lowest BCUT2D eigenvalue weighted by Crippen LogP contribution is -2.61. The van der Waals surface area contributed by atoms with E-state index in [1.54, 1.807) is 32.9 Å². The smallest absolute Gasteiger partial charge is 0.363 e. The summed E-state index contributed by atoms with van der Waals surface area (Å²) >= 11 is 0. The summed E-state index contributed by atoms with van der Waals surface area (Å²) in [5, 5.41) is 7.14. The molecule has 1 saturated heterocycles. The van der Waals surface area contributed by atoms with Gasteiger partial charge in [0.05, 0.1) is 12.6 Å². The minimum Gasteiger partial charge on any atom is -0.363 e. The number of likely N-dealkylation sites (tertiary alicyclic amines) is 1. The van der Waals surface area contributed by atoms with Gasteiger partial charge >= 0.3 is 12.2 Å². The summed E-state index contributed by atoms with van der Waals surface area (Å²) in [6, 6.07) is -5.03. The van der Waals surface area contributed by atoms with Gasteiger partial charge in [0.15, 0.2) is 0 Å². The van der Waals surface area contributed by atoms with Gasteiger partial charge in [0.2, 0.25) is 23.5 Å². The molecule has 1 unspecified atom stereocenters. The first-order valence-corrected chi connectivity index (χ1v) is 13.0. The standard InChI is InChI=1S/C26H37F3N6O6/c1-6-11-34(5)17(36)12-31-24(41)33-20(25(2,3)4)23(40)35-13-14-7-8-15(14)18(35)22(39)32-16(19(37)21(30)38)9-10-26(27,28)29/h6-8,14-16,18,20H,1,9-13H2,2-5H3,(H2,30,38)(H,32,39)(H2,31,33,41)/t14-,15-,16?,18-,20+/m0/s1. The van der Waals surface area contributed by atoms with Crippen molar-refractivity contribution < 1.29 is 41.9 Å². The van der Waals surface area contributed by atoms with E-state index in [0.717, 1.165) is 0 Å². The van der Waals surface area contributed by atoms with Crippen LogP contribution in [-0.2, 0) is 24.0 Å². The molecule has 0 bridgehead atoms. The summed E-state index contributed by atoms with van der Waals surface area (Å²) in [6.45, 7) is 8.56. The van der Waals surface area contributed by atoms with E-state index in [4.69, 9.17) is 5.73 Å². The Labute approximate surface area is 235 Å². The second-order valence-corrected chi connectivity index (χ2v) is 11.2. The lowest BCUT2D eigenvalue weighted by atomic mass is 9.80. The molecule has 1 aliphatic heterocycles. The summed E-state index contributed by atoms with van der Waals surface area (Å²) in [5.74, 6) is -5.59. The highest BCUT2D eigenvalue weighted by molar-refractivity contribution is 6.37. The van der Waals surface area contributed by atoms with E-state index in [1.807, 2.05) is 0 Å². The molecule has 0 aromatic carbocycles. The van der Waals surface area contributed by atoms with E-state index in [9.17, 15) is 41.9 Å². The molecular formula is C26H37F3N6O6. The van der Waals surface area contributed by atoms with Crippen LogP contribution < -0.4 is 21.7 Å². The van der Waals surface area contributed by atoms with Gasteiger partial charge in [0.25, 0.3) is 5.91 Å². The van der Waals surface area contributed by atoms with Crippen LogP contribution >= 0.6 is 0 Å². The maximum atomic E-state index is 13.8. The number of hydrogen-bond acceptors (Lipinski definition) is 6. The number of amides is 6. The van der Waals surface area contributed by atoms with Gasteiger partial charge in [-0.2, -0.15) is 13.2 Å². The number of primary amides is 1. The fraction of sp³-hybridized carbons (Fsp3) is 0.615. The van der Waals surface area contributed by atoms with Crippen LogP contribution in [0.1, 0.15) is 33.6 Å². The molecule has 1 fully saturated rings. The number of hydrogen-bond donors (Lipinski definition) is 4. The Bertz CT molecular complexity index is 1100. The predicted molar refractivity (Wildman–Crippen MR) is 141 cm³/mol. The fourth-order valence-corrected chi connectivity index (χ4v) is 4.60. The number of nitrogens with one attached hydrogen (secondary N) is 3. The van der Waals surface area contributed by atoms with Crippen LogP contribution in [0.3, 0.4) is 0 Å². The number of nitrogens with zero attached hydrogens (tertiary/aromatic N) is 2. The SMILES string of the molecule is C=CCN(C)C(=O)CNC(=O)N[C@H](C(=O)N1C[C@@H]2C=C[C@@H]2[C@H]1C(=O)NC(CCC(F)(F)F)C(=O)C(N)=O)C(C)(C)C. The number of rotatable bonds is 12. The van der Waals surface area contributed by atoms with Crippen molar-refractivity contribution in [2.75, 3.05) is 26.7 Å². The minimum absolute atomic E-state index is 0.0792. The van der Waals surface area contributed by atoms with Gasteiger partial charge in [0.1, 0.15) is 12.1 Å². The summed E-state index contributed by atoms with van der Waals surface area (Å²) in [7, 11) is 1.52. The molecule has 228 valence electrons. The van der Waals surface area contributed by atoms with Crippen molar-refractivity contribution in [2.45, 2.75) is 57.9 Å². The van der Waals surface area contributed by atoms with Crippen molar-refractivity contribution in [3.63, 3.8) is 0 Å². The average molecular weight is 587 g/mol.